The van der Waals surface area contributed by atoms with E-state index in [4.69, 9.17) is 4.18 Å². The van der Waals surface area contributed by atoms with Gasteiger partial charge in [-0.1, -0.05) is 54.6 Å². The lowest BCUT2D eigenvalue weighted by atomic mass is 9.80. The van der Waals surface area contributed by atoms with Crippen LogP contribution in [-0.2, 0) is 20.2 Å². The van der Waals surface area contributed by atoms with Gasteiger partial charge in [0.25, 0.3) is 0 Å². The molecule has 182 valence electrons. The van der Waals surface area contributed by atoms with E-state index in [0.717, 1.165) is 37.6 Å². The number of hydrogen-bond donors (Lipinski definition) is 1. The highest BCUT2D eigenvalue weighted by atomic mass is 32.3. The Morgan fingerprint density at radius 2 is 1.00 bits per heavy atom. The fourth-order valence-corrected chi connectivity index (χ4v) is 5.07. The minimum absolute atomic E-state index is 0.596. The number of anilines is 2. The standard InChI is InChI=1S/C27H34N2O4S/c1-5-28(6-2)25-18-14-23(15-19-25)27(33-34(30,31)32,22-12-10-9-11-13-22)24-16-20-26(21-17-24)29(7-3)8-4/h9-21H,5-8H2,1-4H3,(H,30,31,32). The molecule has 0 bridgehead atoms. The first-order chi connectivity index (χ1) is 16.3. The van der Waals surface area contributed by atoms with Gasteiger partial charge < -0.3 is 9.80 Å². The molecule has 7 heteroatoms. The van der Waals surface area contributed by atoms with Crippen LogP contribution in [0, 0.1) is 0 Å². The average molecular weight is 483 g/mol. The Morgan fingerprint density at radius 3 is 1.32 bits per heavy atom. The molecule has 0 aliphatic rings. The second-order valence-electron chi connectivity index (χ2n) is 8.00. The zero-order valence-electron chi connectivity index (χ0n) is 20.3. The lowest BCUT2D eigenvalue weighted by Crippen LogP contribution is -2.35. The van der Waals surface area contributed by atoms with Gasteiger partial charge in [-0.05, 0) is 68.7 Å². The van der Waals surface area contributed by atoms with Gasteiger partial charge in [-0.15, -0.1) is 0 Å². The summed E-state index contributed by atoms with van der Waals surface area (Å²) in [4.78, 5) is 4.41. The first-order valence-corrected chi connectivity index (χ1v) is 13.1. The summed E-state index contributed by atoms with van der Waals surface area (Å²) in [6, 6.07) is 24.4. The summed E-state index contributed by atoms with van der Waals surface area (Å²) in [5.74, 6) is 0. The number of nitrogens with zero attached hydrogens (tertiary/aromatic N) is 2. The first-order valence-electron chi connectivity index (χ1n) is 11.7. The SMILES string of the molecule is CCN(CC)c1ccc(C(OS(=O)(=O)O)(c2ccccc2)c2ccc(N(CC)CC)cc2)cc1. The van der Waals surface area contributed by atoms with Crippen molar-refractivity contribution in [3.63, 3.8) is 0 Å². The summed E-state index contributed by atoms with van der Waals surface area (Å²) in [6.45, 7) is 11.8. The fraction of sp³-hybridized carbons (Fsp3) is 0.333. The highest BCUT2D eigenvalue weighted by Gasteiger charge is 2.42. The maximum Gasteiger partial charge on any atom is 0.398 e. The van der Waals surface area contributed by atoms with Crippen LogP contribution in [0.15, 0.2) is 78.9 Å². The van der Waals surface area contributed by atoms with Crippen LogP contribution in [-0.4, -0.2) is 39.1 Å². The molecule has 0 aromatic heterocycles. The Labute approximate surface area is 203 Å². The summed E-state index contributed by atoms with van der Waals surface area (Å²) in [5.41, 5.74) is 2.29. The van der Waals surface area contributed by atoms with E-state index in [2.05, 4.69) is 37.5 Å². The molecule has 0 spiro atoms. The highest BCUT2D eigenvalue weighted by Crippen LogP contribution is 2.42. The van der Waals surface area contributed by atoms with E-state index in [0.29, 0.717) is 16.7 Å². The number of rotatable bonds is 11. The molecule has 0 aliphatic carbocycles. The smallest absolute Gasteiger partial charge is 0.372 e. The molecule has 1 N–H and O–H groups in total. The molecular formula is C27H34N2O4S. The second kappa shape index (κ2) is 11.0. The van der Waals surface area contributed by atoms with Crippen molar-refractivity contribution in [1.82, 2.24) is 0 Å². The van der Waals surface area contributed by atoms with Crippen molar-refractivity contribution < 1.29 is 17.2 Å². The zero-order chi connectivity index (χ0) is 24.8. The largest absolute Gasteiger partial charge is 0.398 e. The van der Waals surface area contributed by atoms with E-state index in [9.17, 15) is 13.0 Å². The van der Waals surface area contributed by atoms with Gasteiger partial charge in [0, 0.05) is 37.6 Å². The molecule has 0 amide bonds. The Hall–Kier alpha value is -2.87. The zero-order valence-corrected chi connectivity index (χ0v) is 21.1. The predicted molar refractivity (Wildman–Crippen MR) is 139 cm³/mol. The molecule has 0 fully saturated rings. The van der Waals surface area contributed by atoms with Crippen LogP contribution in [0.4, 0.5) is 11.4 Å². The van der Waals surface area contributed by atoms with E-state index in [1.165, 1.54) is 0 Å². The predicted octanol–water partition coefficient (Wildman–Crippen LogP) is 5.49. The van der Waals surface area contributed by atoms with Crippen LogP contribution in [0.2, 0.25) is 0 Å². The molecule has 0 unspecified atom stereocenters. The molecule has 0 radical (unpaired) electrons. The summed E-state index contributed by atoms with van der Waals surface area (Å²) < 4.78 is 39.9. The van der Waals surface area contributed by atoms with Gasteiger partial charge in [0.2, 0.25) is 0 Å². The molecule has 0 saturated heterocycles. The van der Waals surface area contributed by atoms with Crippen molar-refractivity contribution in [3.8, 4) is 0 Å². The van der Waals surface area contributed by atoms with Crippen molar-refractivity contribution in [3.05, 3.63) is 95.6 Å². The third-order valence-electron chi connectivity index (χ3n) is 6.22. The minimum atomic E-state index is -4.82. The topological polar surface area (TPSA) is 70.1 Å². The molecule has 0 heterocycles. The quantitative estimate of drug-likeness (QED) is 0.288. The molecular weight excluding hydrogens is 448 g/mol. The molecule has 34 heavy (non-hydrogen) atoms. The maximum atomic E-state index is 12.2. The maximum absolute atomic E-state index is 12.2. The van der Waals surface area contributed by atoms with Crippen molar-refractivity contribution in [2.45, 2.75) is 33.3 Å². The molecule has 3 aromatic rings. The Bertz CT molecular complexity index is 1080. The third-order valence-corrected chi connectivity index (χ3v) is 6.68. The van der Waals surface area contributed by atoms with E-state index >= 15 is 0 Å². The monoisotopic (exact) mass is 482 g/mol. The number of hydrogen-bond acceptors (Lipinski definition) is 5. The van der Waals surface area contributed by atoms with Crippen LogP contribution in [0.25, 0.3) is 0 Å². The van der Waals surface area contributed by atoms with Crippen molar-refractivity contribution in [2.24, 2.45) is 0 Å². The molecule has 3 aromatic carbocycles. The average Bonchev–Trinajstić information content (AvgIpc) is 2.85. The van der Waals surface area contributed by atoms with Crippen LogP contribution in [0.3, 0.4) is 0 Å². The summed E-state index contributed by atoms with van der Waals surface area (Å²) in [6.07, 6.45) is 0. The van der Waals surface area contributed by atoms with Gasteiger partial charge in [0.15, 0.2) is 5.60 Å². The van der Waals surface area contributed by atoms with E-state index < -0.39 is 16.0 Å². The fourth-order valence-electron chi connectivity index (χ4n) is 4.47. The summed E-state index contributed by atoms with van der Waals surface area (Å²) in [5, 5.41) is 0. The van der Waals surface area contributed by atoms with Gasteiger partial charge in [-0.25, -0.2) is 4.18 Å². The Balaban J connectivity index is 2.26. The number of benzene rings is 3. The van der Waals surface area contributed by atoms with E-state index in [1.54, 1.807) is 0 Å². The van der Waals surface area contributed by atoms with Crippen molar-refractivity contribution in [2.75, 3.05) is 36.0 Å². The van der Waals surface area contributed by atoms with E-state index in [-0.39, 0.29) is 0 Å². The van der Waals surface area contributed by atoms with Gasteiger partial charge in [0.1, 0.15) is 0 Å². The van der Waals surface area contributed by atoms with Crippen LogP contribution in [0.5, 0.6) is 0 Å². The van der Waals surface area contributed by atoms with E-state index in [1.807, 2.05) is 78.9 Å². The summed E-state index contributed by atoms with van der Waals surface area (Å²) >= 11 is 0. The van der Waals surface area contributed by atoms with Crippen molar-refractivity contribution in [1.29, 1.82) is 0 Å². The van der Waals surface area contributed by atoms with Crippen molar-refractivity contribution >= 4 is 21.8 Å². The Morgan fingerprint density at radius 1 is 0.647 bits per heavy atom. The van der Waals surface area contributed by atoms with Gasteiger partial charge in [-0.3, -0.25) is 4.55 Å². The van der Waals surface area contributed by atoms with Gasteiger partial charge >= 0.3 is 10.4 Å². The molecule has 0 aliphatic heterocycles. The van der Waals surface area contributed by atoms with Crippen LogP contribution in [0.1, 0.15) is 44.4 Å². The molecule has 3 rings (SSSR count). The first kappa shape index (κ1) is 25.7. The molecule has 6 nitrogen and oxygen atoms in total. The Kier molecular flexibility index (Phi) is 8.36. The molecule has 0 atom stereocenters. The van der Waals surface area contributed by atoms with Crippen LogP contribution < -0.4 is 9.80 Å². The second-order valence-corrected chi connectivity index (χ2v) is 9.02. The highest BCUT2D eigenvalue weighted by molar-refractivity contribution is 7.80. The third kappa shape index (κ3) is 5.43. The molecule has 0 saturated carbocycles. The summed E-state index contributed by atoms with van der Waals surface area (Å²) in [7, 11) is -4.82. The lowest BCUT2D eigenvalue weighted by Gasteiger charge is -2.34. The normalized spacial score (nSPS) is 11.9. The van der Waals surface area contributed by atoms with Gasteiger partial charge in [-0.2, -0.15) is 8.42 Å². The lowest BCUT2D eigenvalue weighted by molar-refractivity contribution is 0.140. The van der Waals surface area contributed by atoms with Crippen LogP contribution >= 0.6 is 0 Å². The minimum Gasteiger partial charge on any atom is -0.372 e. The van der Waals surface area contributed by atoms with Gasteiger partial charge in [0.05, 0.1) is 0 Å².